The van der Waals surface area contributed by atoms with Gasteiger partial charge in [-0.25, -0.2) is 0 Å². The predicted octanol–water partition coefficient (Wildman–Crippen LogP) is 3.35. The molecule has 3 rings (SSSR count). The molecule has 0 radical (unpaired) electrons. The van der Waals surface area contributed by atoms with Crippen molar-refractivity contribution >= 4 is 22.7 Å². The van der Waals surface area contributed by atoms with Crippen LogP contribution in [0.2, 0.25) is 0 Å². The smallest absolute Gasteiger partial charge is 0.328 e. The molecule has 2 heterocycles. The molecule has 0 amide bonds. The highest BCUT2D eigenvalue weighted by Crippen LogP contribution is 2.26. The third-order valence-corrected chi connectivity index (χ3v) is 3.86. The first-order chi connectivity index (χ1) is 12.6. The highest BCUT2D eigenvalue weighted by Gasteiger charge is 2.20. The van der Waals surface area contributed by atoms with Crippen LogP contribution < -0.4 is 0 Å². The number of Topliss-reactive ketones (excluding diaryl/α,β-unsaturated/α-hetero) is 1. The quantitative estimate of drug-likeness (QED) is 0.520. The number of hydrogen-bond donors (Lipinski definition) is 0. The van der Waals surface area contributed by atoms with E-state index >= 15 is 0 Å². The molecule has 1 aromatic carbocycles. The van der Waals surface area contributed by atoms with Crippen molar-refractivity contribution in [2.75, 3.05) is 0 Å². The Kier molecular flexibility index (Phi) is 4.78. The van der Waals surface area contributed by atoms with Crippen molar-refractivity contribution < 1.29 is 14.3 Å². The topological polar surface area (TPSA) is 87.0 Å². The van der Waals surface area contributed by atoms with Gasteiger partial charge in [0.25, 0.3) is 0 Å². The number of carbonyl (C=O) groups is 2. The lowest BCUT2D eigenvalue weighted by Crippen LogP contribution is -2.26. The Labute approximate surface area is 157 Å². The molecule has 0 aliphatic carbocycles. The molecule has 0 atom stereocenters. The van der Waals surface area contributed by atoms with Crippen LogP contribution in [-0.2, 0) is 16.1 Å². The summed E-state index contributed by atoms with van der Waals surface area (Å²) in [5.41, 5.74) is 2.78. The molecule has 0 aliphatic rings. The summed E-state index contributed by atoms with van der Waals surface area (Å²) in [5, 5.41) is 5.01. The maximum atomic E-state index is 12.2. The van der Waals surface area contributed by atoms with E-state index in [0.717, 1.165) is 11.3 Å². The molecule has 0 N–H and O–H groups in total. The van der Waals surface area contributed by atoms with Crippen LogP contribution in [0, 0.1) is 6.92 Å². The second-order valence-corrected chi connectivity index (χ2v) is 7.42. The van der Waals surface area contributed by atoms with Gasteiger partial charge in [-0.05, 0) is 39.8 Å². The fourth-order valence-electron chi connectivity index (χ4n) is 2.76. The van der Waals surface area contributed by atoms with Gasteiger partial charge >= 0.3 is 5.97 Å². The Balaban J connectivity index is 2.03. The molecule has 7 nitrogen and oxygen atoms in total. The second-order valence-electron chi connectivity index (χ2n) is 7.42. The maximum absolute atomic E-state index is 12.2. The number of hydrogen-bond acceptors (Lipinski definition) is 6. The molecule has 0 fully saturated rings. The lowest BCUT2D eigenvalue weighted by atomic mass is 10.1. The van der Waals surface area contributed by atoms with Crippen LogP contribution in [0.25, 0.3) is 22.2 Å². The molecular weight excluding hydrogens is 344 g/mol. The predicted molar refractivity (Wildman–Crippen MR) is 101 cm³/mol. The first-order valence-corrected chi connectivity index (χ1v) is 8.66. The van der Waals surface area contributed by atoms with E-state index in [0.29, 0.717) is 22.3 Å². The summed E-state index contributed by atoms with van der Waals surface area (Å²) in [5.74, 6) is -0.578. The molecule has 0 saturated heterocycles. The first-order valence-electron chi connectivity index (χ1n) is 8.66. The van der Waals surface area contributed by atoms with Crippen LogP contribution in [0.1, 0.15) is 43.9 Å². The highest BCUT2D eigenvalue weighted by atomic mass is 16.6. The Morgan fingerprint density at radius 2 is 1.89 bits per heavy atom. The SMILES string of the molecule is CC(=O)c1nn(CC(=O)OC(C)(C)C)c2ccc(-c3cnc(C)cn3)cc12. The van der Waals surface area contributed by atoms with Crippen LogP contribution in [0.3, 0.4) is 0 Å². The van der Waals surface area contributed by atoms with Crippen molar-refractivity contribution in [1.82, 2.24) is 19.7 Å². The maximum Gasteiger partial charge on any atom is 0.328 e. The molecule has 0 bridgehead atoms. The zero-order valence-corrected chi connectivity index (χ0v) is 16.1. The lowest BCUT2D eigenvalue weighted by Gasteiger charge is -2.19. The zero-order valence-electron chi connectivity index (χ0n) is 16.1. The summed E-state index contributed by atoms with van der Waals surface area (Å²) in [4.78, 5) is 32.9. The Bertz CT molecular complexity index is 1010. The third-order valence-electron chi connectivity index (χ3n) is 3.86. The molecular formula is C20H22N4O3. The second kappa shape index (κ2) is 6.90. The van der Waals surface area contributed by atoms with Crippen LogP contribution >= 0.6 is 0 Å². The number of carbonyl (C=O) groups excluding carboxylic acids is 2. The number of esters is 1. The molecule has 3 aromatic rings. The number of rotatable bonds is 4. The van der Waals surface area contributed by atoms with Gasteiger partial charge in [-0.2, -0.15) is 5.10 Å². The zero-order chi connectivity index (χ0) is 19.8. The van der Waals surface area contributed by atoms with Crippen LogP contribution in [0.4, 0.5) is 0 Å². The van der Waals surface area contributed by atoms with E-state index in [9.17, 15) is 9.59 Å². The number of nitrogens with zero attached hydrogens (tertiary/aromatic N) is 4. The fourth-order valence-corrected chi connectivity index (χ4v) is 2.76. The summed E-state index contributed by atoms with van der Waals surface area (Å²) < 4.78 is 6.87. The van der Waals surface area contributed by atoms with E-state index in [1.165, 1.54) is 11.6 Å². The summed E-state index contributed by atoms with van der Waals surface area (Å²) >= 11 is 0. The average molecular weight is 366 g/mol. The van der Waals surface area contributed by atoms with Crippen LogP contribution in [-0.4, -0.2) is 37.1 Å². The number of aryl methyl sites for hydroxylation is 1. The Morgan fingerprint density at radius 3 is 2.48 bits per heavy atom. The average Bonchev–Trinajstić information content (AvgIpc) is 2.92. The van der Waals surface area contributed by atoms with Crippen molar-refractivity contribution in [2.45, 2.75) is 46.8 Å². The molecule has 7 heteroatoms. The summed E-state index contributed by atoms with van der Waals surface area (Å²) in [7, 11) is 0. The van der Waals surface area contributed by atoms with Crippen molar-refractivity contribution in [3.05, 3.63) is 42.0 Å². The van der Waals surface area contributed by atoms with Gasteiger partial charge in [-0.3, -0.25) is 24.2 Å². The van der Waals surface area contributed by atoms with E-state index < -0.39 is 11.6 Å². The van der Waals surface area contributed by atoms with Gasteiger partial charge in [0.05, 0.1) is 23.1 Å². The first kappa shape index (κ1) is 18.7. The van der Waals surface area contributed by atoms with Gasteiger partial charge < -0.3 is 4.74 Å². The van der Waals surface area contributed by atoms with Crippen molar-refractivity contribution in [1.29, 1.82) is 0 Å². The molecule has 0 spiro atoms. The number of ether oxygens (including phenoxy) is 1. The molecule has 27 heavy (non-hydrogen) atoms. The van der Waals surface area contributed by atoms with Gasteiger partial charge in [0, 0.05) is 24.1 Å². The van der Waals surface area contributed by atoms with E-state index in [-0.39, 0.29) is 12.3 Å². The van der Waals surface area contributed by atoms with Crippen molar-refractivity contribution in [2.24, 2.45) is 0 Å². The van der Waals surface area contributed by atoms with Gasteiger partial charge in [-0.15, -0.1) is 0 Å². The fraction of sp³-hybridized carbons (Fsp3) is 0.350. The van der Waals surface area contributed by atoms with E-state index in [4.69, 9.17) is 4.74 Å². The standard InChI is InChI=1S/C20H22N4O3/c1-12-9-22-16(10-21-12)14-6-7-17-15(8-14)19(13(2)25)23-24(17)11-18(26)27-20(3,4)5/h6-10H,11H2,1-5H3. The van der Waals surface area contributed by atoms with Gasteiger partial charge in [0.15, 0.2) is 5.78 Å². The minimum absolute atomic E-state index is 0.0647. The van der Waals surface area contributed by atoms with Crippen molar-refractivity contribution in [3.63, 3.8) is 0 Å². The summed E-state index contributed by atoms with van der Waals surface area (Å²) in [6.07, 6.45) is 3.38. The molecule has 140 valence electrons. The van der Waals surface area contributed by atoms with E-state index in [2.05, 4.69) is 15.1 Å². The molecule has 0 unspecified atom stereocenters. The van der Waals surface area contributed by atoms with Gasteiger partial charge in [-0.1, -0.05) is 6.07 Å². The normalized spacial score (nSPS) is 11.6. The Hall–Kier alpha value is -3.09. The minimum Gasteiger partial charge on any atom is -0.459 e. The minimum atomic E-state index is -0.583. The molecule has 2 aromatic heterocycles. The van der Waals surface area contributed by atoms with Crippen molar-refractivity contribution in [3.8, 4) is 11.3 Å². The summed E-state index contributed by atoms with van der Waals surface area (Å²) in [6.45, 7) is 8.68. The van der Waals surface area contributed by atoms with Gasteiger partial charge in [0.2, 0.25) is 0 Å². The van der Waals surface area contributed by atoms with Crippen LogP contribution in [0.15, 0.2) is 30.6 Å². The highest BCUT2D eigenvalue weighted by molar-refractivity contribution is 6.06. The molecule has 0 saturated carbocycles. The monoisotopic (exact) mass is 366 g/mol. The van der Waals surface area contributed by atoms with Crippen LogP contribution in [0.5, 0.6) is 0 Å². The number of aromatic nitrogens is 4. The number of benzene rings is 1. The van der Waals surface area contributed by atoms with Gasteiger partial charge in [0.1, 0.15) is 17.8 Å². The van der Waals surface area contributed by atoms with E-state index in [1.807, 2.05) is 45.9 Å². The number of fused-ring (bicyclic) bond motifs is 1. The largest absolute Gasteiger partial charge is 0.459 e. The molecule has 0 aliphatic heterocycles. The lowest BCUT2D eigenvalue weighted by molar-refractivity contribution is -0.155. The Morgan fingerprint density at radius 1 is 1.15 bits per heavy atom. The van der Waals surface area contributed by atoms with E-state index in [1.54, 1.807) is 12.4 Å². The number of ketones is 1. The summed E-state index contributed by atoms with van der Waals surface area (Å²) in [6, 6.07) is 5.55. The third kappa shape index (κ3) is 4.19.